The van der Waals surface area contributed by atoms with Crippen LogP contribution in [-0.4, -0.2) is 35.0 Å². The monoisotopic (exact) mass is 359 g/mol. The molecule has 2 aromatic rings. The van der Waals surface area contributed by atoms with Gasteiger partial charge in [0.2, 0.25) is 5.91 Å². The summed E-state index contributed by atoms with van der Waals surface area (Å²) in [6.45, 7) is 0.149. The van der Waals surface area contributed by atoms with Crippen molar-refractivity contribution in [3.8, 4) is 5.75 Å². The van der Waals surface area contributed by atoms with Gasteiger partial charge in [-0.3, -0.25) is 9.59 Å². The highest BCUT2D eigenvalue weighted by Crippen LogP contribution is 2.30. The Bertz CT molecular complexity index is 778. The Balaban J connectivity index is 1.77. The average Bonchev–Trinajstić information content (AvgIpc) is 2.60. The second-order valence-corrected chi connectivity index (χ2v) is 6.47. The van der Waals surface area contributed by atoms with Crippen molar-refractivity contribution in [2.24, 2.45) is 5.92 Å². The van der Waals surface area contributed by atoms with Crippen molar-refractivity contribution in [3.05, 3.63) is 64.7 Å². The zero-order valence-corrected chi connectivity index (χ0v) is 14.3. The van der Waals surface area contributed by atoms with Gasteiger partial charge in [-0.1, -0.05) is 41.9 Å². The summed E-state index contributed by atoms with van der Waals surface area (Å²) in [5, 5.41) is 9.75. The number of carboxylic acid groups (broad SMARTS) is 1. The van der Waals surface area contributed by atoms with Crippen molar-refractivity contribution in [2.45, 2.75) is 13.0 Å². The van der Waals surface area contributed by atoms with Gasteiger partial charge in [0, 0.05) is 11.6 Å². The van der Waals surface area contributed by atoms with E-state index in [1.165, 1.54) is 4.90 Å². The summed E-state index contributed by atoms with van der Waals surface area (Å²) in [5.41, 5.74) is 1.75. The van der Waals surface area contributed by atoms with Gasteiger partial charge in [0.05, 0.1) is 5.92 Å². The van der Waals surface area contributed by atoms with Gasteiger partial charge in [-0.15, -0.1) is 0 Å². The summed E-state index contributed by atoms with van der Waals surface area (Å²) in [6, 6.07) is 14.7. The molecule has 3 rings (SSSR count). The predicted octanol–water partition coefficient (Wildman–Crippen LogP) is 3.00. The van der Waals surface area contributed by atoms with Gasteiger partial charge in [-0.25, -0.2) is 0 Å². The van der Waals surface area contributed by atoms with Crippen molar-refractivity contribution in [1.29, 1.82) is 0 Å². The molecule has 0 aromatic heterocycles. The number of carboxylic acids is 1. The lowest BCUT2D eigenvalue weighted by atomic mass is 9.95. The van der Waals surface area contributed by atoms with E-state index in [4.69, 9.17) is 21.4 Å². The SMILES string of the molecule is O=C(O)CN(Cc1ccccc1)C(=O)C1COc2ccc(Cl)cc2C1. The van der Waals surface area contributed by atoms with Crippen LogP contribution in [0.4, 0.5) is 0 Å². The van der Waals surface area contributed by atoms with E-state index in [1.807, 2.05) is 30.3 Å². The van der Waals surface area contributed by atoms with Crippen LogP contribution in [-0.2, 0) is 22.6 Å². The number of benzene rings is 2. The zero-order chi connectivity index (χ0) is 17.8. The molecule has 1 aliphatic rings. The Labute approximate surface area is 150 Å². The third kappa shape index (κ3) is 4.31. The molecule has 1 unspecified atom stereocenters. The number of fused-ring (bicyclic) bond motifs is 1. The quantitative estimate of drug-likeness (QED) is 0.891. The van der Waals surface area contributed by atoms with Crippen LogP contribution < -0.4 is 4.74 Å². The highest BCUT2D eigenvalue weighted by molar-refractivity contribution is 6.30. The third-order valence-corrected chi connectivity index (χ3v) is 4.37. The van der Waals surface area contributed by atoms with Crippen LogP contribution in [0.25, 0.3) is 0 Å². The molecule has 1 N–H and O–H groups in total. The Kier molecular flexibility index (Phi) is 5.24. The van der Waals surface area contributed by atoms with Crippen molar-refractivity contribution in [2.75, 3.05) is 13.2 Å². The normalized spacial score (nSPS) is 15.8. The lowest BCUT2D eigenvalue weighted by Gasteiger charge is -2.29. The number of hydrogen-bond donors (Lipinski definition) is 1. The summed E-state index contributed by atoms with van der Waals surface area (Å²) >= 11 is 6.01. The maximum Gasteiger partial charge on any atom is 0.323 e. The van der Waals surface area contributed by atoms with E-state index in [2.05, 4.69) is 0 Å². The first-order valence-electron chi connectivity index (χ1n) is 7.98. The molecule has 25 heavy (non-hydrogen) atoms. The van der Waals surface area contributed by atoms with Gasteiger partial charge in [-0.2, -0.15) is 0 Å². The molecule has 1 amide bonds. The number of hydrogen-bond acceptors (Lipinski definition) is 3. The molecule has 0 radical (unpaired) electrons. The van der Waals surface area contributed by atoms with Crippen molar-refractivity contribution >= 4 is 23.5 Å². The first-order valence-corrected chi connectivity index (χ1v) is 8.36. The lowest BCUT2D eigenvalue weighted by molar-refractivity contribution is -0.147. The molecule has 0 saturated carbocycles. The van der Waals surface area contributed by atoms with Crippen LogP contribution in [0.3, 0.4) is 0 Å². The van der Waals surface area contributed by atoms with Crippen molar-refractivity contribution in [3.63, 3.8) is 0 Å². The smallest absolute Gasteiger partial charge is 0.323 e. The Morgan fingerprint density at radius 1 is 1.20 bits per heavy atom. The van der Waals surface area contributed by atoms with E-state index in [9.17, 15) is 9.59 Å². The number of amides is 1. The molecular weight excluding hydrogens is 342 g/mol. The van der Waals surface area contributed by atoms with Crippen LogP contribution >= 0.6 is 11.6 Å². The molecule has 2 aromatic carbocycles. The molecule has 0 spiro atoms. The average molecular weight is 360 g/mol. The molecule has 1 heterocycles. The molecule has 1 atom stereocenters. The summed E-state index contributed by atoms with van der Waals surface area (Å²) in [6.07, 6.45) is 0.486. The summed E-state index contributed by atoms with van der Waals surface area (Å²) in [5.74, 6) is -0.961. The van der Waals surface area contributed by atoms with Crippen molar-refractivity contribution < 1.29 is 19.4 Å². The Morgan fingerprint density at radius 2 is 1.96 bits per heavy atom. The zero-order valence-electron chi connectivity index (χ0n) is 13.5. The third-order valence-electron chi connectivity index (χ3n) is 4.13. The fourth-order valence-electron chi connectivity index (χ4n) is 2.96. The predicted molar refractivity (Wildman–Crippen MR) is 93.6 cm³/mol. The summed E-state index contributed by atoms with van der Waals surface area (Å²) in [4.78, 5) is 25.4. The highest BCUT2D eigenvalue weighted by atomic mass is 35.5. The minimum Gasteiger partial charge on any atom is -0.492 e. The molecule has 0 saturated heterocycles. The van der Waals surface area contributed by atoms with Crippen molar-refractivity contribution in [1.82, 2.24) is 4.90 Å². The Morgan fingerprint density at radius 3 is 2.68 bits per heavy atom. The van der Waals surface area contributed by atoms with Gasteiger partial charge in [0.1, 0.15) is 18.9 Å². The topological polar surface area (TPSA) is 66.8 Å². The first kappa shape index (κ1) is 17.3. The second-order valence-electron chi connectivity index (χ2n) is 6.04. The van der Waals surface area contributed by atoms with E-state index in [-0.39, 0.29) is 25.6 Å². The molecular formula is C19H18ClNO4. The van der Waals surface area contributed by atoms with Crippen LogP contribution in [0, 0.1) is 5.92 Å². The highest BCUT2D eigenvalue weighted by Gasteiger charge is 2.30. The second kappa shape index (κ2) is 7.57. The maximum absolute atomic E-state index is 12.9. The summed E-state index contributed by atoms with van der Waals surface area (Å²) in [7, 11) is 0. The van der Waals surface area contributed by atoms with Crippen LogP contribution in [0.5, 0.6) is 5.75 Å². The minimum atomic E-state index is -1.04. The minimum absolute atomic E-state index is 0.225. The van der Waals surface area contributed by atoms with Gasteiger partial charge in [0.25, 0.3) is 0 Å². The number of carbonyl (C=O) groups excluding carboxylic acids is 1. The largest absolute Gasteiger partial charge is 0.492 e. The number of carbonyl (C=O) groups is 2. The van der Waals surface area contributed by atoms with E-state index in [0.29, 0.717) is 11.4 Å². The van der Waals surface area contributed by atoms with Gasteiger partial charge >= 0.3 is 5.97 Å². The van der Waals surface area contributed by atoms with E-state index in [0.717, 1.165) is 16.9 Å². The number of nitrogens with zero attached hydrogens (tertiary/aromatic N) is 1. The fraction of sp³-hybridized carbons (Fsp3) is 0.263. The van der Waals surface area contributed by atoms with Crippen LogP contribution in [0.15, 0.2) is 48.5 Å². The van der Waals surface area contributed by atoms with E-state index < -0.39 is 11.9 Å². The van der Waals surface area contributed by atoms with Crippen LogP contribution in [0.2, 0.25) is 5.02 Å². The number of ether oxygens (including phenoxy) is 1. The Hall–Kier alpha value is -2.53. The summed E-state index contributed by atoms with van der Waals surface area (Å²) < 4.78 is 5.66. The number of aliphatic carboxylic acids is 1. The number of halogens is 1. The lowest BCUT2D eigenvalue weighted by Crippen LogP contribution is -2.42. The molecule has 6 heteroatoms. The van der Waals surface area contributed by atoms with Gasteiger partial charge in [-0.05, 0) is 35.7 Å². The standard InChI is InChI=1S/C19H18ClNO4/c20-16-6-7-17-14(9-16)8-15(12-25-17)19(24)21(11-18(22)23)10-13-4-2-1-3-5-13/h1-7,9,15H,8,10-12H2,(H,22,23). The number of rotatable bonds is 5. The molecule has 0 fully saturated rings. The first-order chi connectivity index (χ1) is 12.0. The molecule has 0 bridgehead atoms. The fourth-order valence-corrected chi connectivity index (χ4v) is 3.15. The van der Waals surface area contributed by atoms with Crippen LogP contribution in [0.1, 0.15) is 11.1 Å². The molecule has 0 aliphatic carbocycles. The van der Waals surface area contributed by atoms with E-state index >= 15 is 0 Å². The van der Waals surface area contributed by atoms with Gasteiger partial charge in [0.15, 0.2) is 0 Å². The maximum atomic E-state index is 12.9. The van der Waals surface area contributed by atoms with Gasteiger partial charge < -0.3 is 14.7 Å². The molecule has 130 valence electrons. The molecule has 5 nitrogen and oxygen atoms in total. The molecule has 1 aliphatic heterocycles. The van der Waals surface area contributed by atoms with E-state index in [1.54, 1.807) is 18.2 Å².